The Morgan fingerprint density at radius 1 is 1.36 bits per heavy atom. The maximum absolute atomic E-state index is 12.7. The van der Waals surface area contributed by atoms with Gasteiger partial charge >= 0.3 is 6.18 Å². The van der Waals surface area contributed by atoms with Crippen LogP contribution in [0.4, 0.5) is 24.7 Å². The Labute approximate surface area is 145 Å². The minimum absolute atomic E-state index is 0.0490. The molecular formula is C15H15F3N4O2S. The largest absolute Gasteiger partial charge is 0.434 e. The molecule has 0 amide bonds. The van der Waals surface area contributed by atoms with E-state index in [0.29, 0.717) is 29.6 Å². The second-order valence-electron chi connectivity index (χ2n) is 5.89. The normalized spacial score (nSPS) is 18.4. The maximum atomic E-state index is 12.7. The number of hydrogen-bond acceptors (Lipinski definition) is 6. The molecular weight excluding hydrogens is 357 g/mol. The van der Waals surface area contributed by atoms with E-state index in [-0.39, 0.29) is 11.6 Å². The van der Waals surface area contributed by atoms with Crippen LogP contribution in [0.25, 0.3) is 0 Å². The number of thiazole rings is 1. The zero-order valence-electron chi connectivity index (χ0n) is 13.3. The van der Waals surface area contributed by atoms with Crippen LogP contribution in [0.3, 0.4) is 0 Å². The van der Waals surface area contributed by atoms with Crippen LogP contribution in [0.1, 0.15) is 35.2 Å². The minimum Gasteiger partial charge on any atom is -0.356 e. The van der Waals surface area contributed by atoms with E-state index in [1.54, 1.807) is 13.0 Å². The molecule has 25 heavy (non-hydrogen) atoms. The average molecular weight is 372 g/mol. The molecule has 2 aromatic heterocycles. The summed E-state index contributed by atoms with van der Waals surface area (Å²) >= 11 is 1.02. The van der Waals surface area contributed by atoms with Crippen LogP contribution in [0.15, 0.2) is 17.5 Å². The van der Waals surface area contributed by atoms with Gasteiger partial charge in [-0.1, -0.05) is 0 Å². The summed E-state index contributed by atoms with van der Waals surface area (Å²) in [6.07, 6.45) is -2.88. The van der Waals surface area contributed by atoms with Gasteiger partial charge in [0.25, 0.3) is 5.69 Å². The van der Waals surface area contributed by atoms with Crippen LogP contribution in [0.5, 0.6) is 0 Å². The van der Waals surface area contributed by atoms with Crippen LogP contribution in [0, 0.1) is 17.0 Å². The minimum atomic E-state index is -4.43. The van der Waals surface area contributed by atoms with Gasteiger partial charge in [0.05, 0.1) is 9.93 Å². The molecule has 1 aliphatic heterocycles. The van der Waals surface area contributed by atoms with Gasteiger partial charge in [-0.2, -0.15) is 13.2 Å². The van der Waals surface area contributed by atoms with Crippen molar-refractivity contribution >= 4 is 22.8 Å². The molecule has 0 aliphatic carbocycles. The van der Waals surface area contributed by atoms with Crippen LogP contribution in [-0.2, 0) is 6.18 Å². The summed E-state index contributed by atoms with van der Waals surface area (Å²) in [6, 6.07) is 2.99. The van der Waals surface area contributed by atoms with Crippen molar-refractivity contribution in [3.8, 4) is 0 Å². The number of aryl methyl sites for hydroxylation is 1. The van der Waals surface area contributed by atoms with Crippen molar-refractivity contribution in [2.24, 2.45) is 0 Å². The summed E-state index contributed by atoms with van der Waals surface area (Å²) in [4.78, 5) is 20.4. The fourth-order valence-corrected chi connectivity index (χ4v) is 3.86. The van der Waals surface area contributed by atoms with Crippen LogP contribution in [0.2, 0.25) is 0 Å². The number of nitro groups is 1. The lowest BCUT2D eigenvalue weighted by Gasteiger charge is -2.32. The quantitative estimate of drug-likeness (QED) is 0.598. The van der Waals surface area contributed by atoms with E-state index in [1.807, 2.05) is 4.90 Å². The molecule has 0 aromatic carbocycles. The van der Waals surface area contributed by atoms with Crippen molar-refractivity contribution in [2.45, 2.75) is 31.9 Å². The first kappa shape index (κ1) is 17.6. The molecule has 2 aromatic rings. The Morgan fingerprint density at radius 2 is 2.12 bits per heavy atom. The Kier molecular flexibility index (Phi) is 4.63. The van der Waals surface area contributed by atoms with Crippen molar-refractivity contribution in [2.75, 3.05) is 18.0 Å². The first-order chi connectivity index (χ1) is 11.8. The molecule has 0 N–H and O–H groups in total. The zero-order chi connectivity index (χ0) is 18.2. The summed E-state index contributed by atoms with van der Waals surface area (Å²) in [5.41, 5.74) is -0.584. The highest BCUT2D eigenvalue weighted by molar-refractivity contribution is 7.09. The molecule has 1 atom stereocenters. The van der Waals surface area contributed by atoms with Gasteiger partial charge in [0.15, 0.2) is 5.69 Å². The Balaban J connectivity index is 1.78. The van der Waals surface area contributed by atoms with Crippen LogP contribution >= 0.6 is 11.3 Å². The van der Waals surface area contributed by atoms with E-state index in [4.69, 9.17) is 0 Å². The molecule has 6 nitrogen and oxygen atoms in total. The standard InChI is InChI=1S/C15H15F3N4O2S/c1-9-11(22(23)24)4-5-13(19-9)21-6-2-3-10(7-21)14-20-12(8-25-14)15(16,17)18/h4-5,8,10H,2-3,6-7H2,1H3. The number of pyridine rings is 1. The first-order valence-corrected chi connectivity index (χ1v) is 8.53. The third-order valence-electron chi connectivity index (χ3n) is 4.15. The topological polar surface area (TPSA) is 72.2 Å². The molecule has 3 heterocycles. The Morgan fingerprint density at radius 3 is 2.72 bits per heavy atom. The highest BCUT2D eigenvalue weighted by atomic mass is 32.1. The number of anilines is 1. The van der Waals surface area contributed by atoms with Gasteiger partial charge in [-0.05, 0) is 25.8 Å². The molecule has 0 radical (unpaired) electrons. The van der Waals surface area contributed by atoms with Gasteiger partial charge in [-0.3, -0.25) is 10.1 Å². The van der Waals surface area contributed by atoms with Crippen molar-refractivity contribution < 1.29 is 18.1 Å². The van der Waals surface area contributed by atoms with E-state index in [1.165, 1.54) is 6.07 Å². The SMILES string of the molecule is Cc1nc(N2CCCC(c3nc(C(F)(F)F)cs3)C2)ccc1[N+](=O)[O-]. The number of rotatable bonds is 3. The summed E-state index contributed by atoms with van der Waals surface area (Å²) in [7, 11) is 0. The van der Waals surface area contributed by atoms with Gasteiger partial charge in [0, 0.05) is 30.5 Å². The molecule has 3 rings (SSSR count). The van der Waals surface area contributed by atoms with Gasteiger partial charge in [-0.15, -0.1) is 11.3 Å². The second-order valence-corrected chi connectivity index (χ2v) is 6.77. The molecule has 1 saturated heterocycles. The number of nitrogens with zero attached hydrogens (tertiary/aromatic N) is 4. The lowest BCUT2D eigenvalue weighted by Crippen LogP contribution is -2.35. The summed E-state index contributed by atoms with van der Waals surface area (Å²) in [5, 5.41) is 12.4. The number of aromatic nitrogens is 2. The van der Waals surface area contributed by atoms with Gasteiger partial charge in [0.2, 0.25) is 0 Å². The molecule has 1 fully saturated rings. The molecule has 10 heteroatoms. The Hall–Kier alpha value is -2.23. The number of halogens is 3. The molecule has 1 unspecified atom stereocenters. The molecule has 0 spiro atoms. The zero-order valence-corrected chi connectivity index (χ0v) is 14.1. The third kappa shape index (κ3) is 3.73. The van der Waals surface area contributed by atoms with E-state index in [0.717, 1.165) is 29.6 Å². The predicted octanol–water partition coefficient (Wildman–Crippen LogP) is 4.16. The van der Waals surface area contributed by atoms with Crippen molar-refractivity contribution in [1.29, 1.82) is 0 Å². The highest BCUT2D eigenvalue weighted by Gasteiger charge is 2.35. The van der Waals surface area contributed by atoms with Gasteiger partial charge in [0.1, 0.15) is 11.5 Å². The van der Waals surface area contributed by atoms with Crippen molar-refractivity contribution in [3.05, 3.63) is 44.0 Å². The summed E-state index contributed by atoms with van der Waals surface area (Å²) < 4.78 is 38.2. The smallest absolute Gasteiger partial charge is 0.356 e. The number of alkyl halides is 3. The highest BCUT2D eigenvalue weighted by Crippen LogP contribution is 2.36. The fourth-order valence-electron chi connectivity index (χ4n) is 2.90. The number of piperidine rings is 1. The van der Waals surface area contributed by atoms with Crippen LogP contribution < -0.4 is 4.90 Å². The Bertz CT molecular complexity index is 793. The summed E-state index contributed by atoms with van der Waals surface area (Å²) in [6.45, 7) is 2.77. The predicted molar refractivity (Wildman–Crippen MR) is 86.9 cm³/mol. The summed E-state index contributed by atoms with van der Waals surface area (Å²) in [5.74, 6) is 0.493. The molecule has 0 bridgehead atoms. The van der Waals surface area contributed by atoms with Crippen LogP contribution in [-0.4, -0.2) is 28.0 Å². The lowest BCUT2D eigenvalue weighted by molar-refractivity contribution is -0.385. The van der Waals surface area contributed by atoms with E-state index < -0.39 is 16.8 Å². The van der Waals surface area contributed by atoms with Crippen molar-refractivity contribution in [3.63, 3.8) is 0 Å². The molecule has 1 aliphatic rings. The fraction of sp³-hybridized carbons (Fsp3) is 0.467. The molecule has 0 saturated carbocycles. The monoisotopic (exact) mass is 372 g/mol. The average Bonchev–Trinajstić information content (AvgIpc) is 3.05. The van der Waals surface area contributed by atoms with Gasteiger partial charge < -0.3 is 4.90 Å². The van der Waals surface area contributed by atoms with E-state index >= 15 is 0 Å². The maximum Gasteiger partial charge on any atom is 0.434 e. The van der Waals surface area contributed by atoms with Gasteiger partial charge in [-0.25, -0.2) is 9.97 Å². The van der Waals surface area contributed by atoms with E-state index in [9.17, 15) is 23.3 Å². The van der Waals surface area contributed by atoms with Crippen molar-refractivity contribution in [1.82, 2.24) is 9.97 Å². The third-order valence-corrected chi connectivity index (χ3v) is 5.15. The number of hydrogen-bond donors (Lipinski definition) is 0. The molecule has 134 valence electrons. The van der Waals surface area contributed by atoms with E-state index in [2.05, 4.69) is 9.97 Å². The lowest BCUT2D eigenvalue weighted by atomic mass is 9.98. The first-order valence-electron chi connectivity index (χ1n) is 7.65. The second kappa shape index (κ2) is 6.58.